The van der Waals surface area contributed by atoms with Crippen LogP contribution in [0, 0.1) is 0 Å². The van der Waals surface area contributed by atoms with Crippen LogP contribution < -0.4 is 8.92 Å². The fourth-order valence-electron chi connectivity index (χ4n) is 3.15. The zero-order valence-electron chi connectivity index (χ0n) is 17.4. The normalized spacial score (nSPS) is 13.4. The molecule has 1 N–H and O–H groups in total. The zero-order chi connectivity index (χ0) is 23.4. The van der Waals surface area contributed by atoms with Gasteiger partial charge in [0.1, 0.15) is 0 Å². The van der Waals surface area contributed by atoms with Crippen molar-refractivity contribution in [3.05, 3.63) is 100 Å². The Kier molecular flexibility index (Phi) is 7.39. The van der Waals surface area contributed by atoms with Crippen molar-refractivity contribution in [2.75, 3.05) is 12.5 Å². The number of rotatable bonds is 6. The van der Waals surface area contributed by atoms with Gasteiger partial charge in [-0.1, -0.05) is 0 Å². The molecule has 32 heavy (non-hydrogen) atoms. The van der Waals surface area contributed by atoms with Crippen LogP contribution in [0.25, 0.3) is 5.76 Å². The summed E-state index contributed by atoms with van der Waals surface area (Å²) in [5, 5.41) is 11.4. The van der Waals surface area contributed by atoms with E-state index in [1.165, 1.54) is 0 Å². The van der Waals surface area contributed by atoms with E-state index in [-0.39, 0.29) is 5.76 Å². The van der Waals surface area contributed by atoms with Crippen molar-refractivity contribution in [2.24, 2.45) is 0 Å². The molecular formula is C24H22F3O3SSe+. The van der Waals surface area contributed by atoms with Gasteiger partial charge in [0.05, 0.1) is 0 Å². The standard InChI is InChI=1S/C24H21F3O3SSe/c1-31(2)22(21(28)18-12-6-3-7-13-18)32(19-14-8-4-9-15-19,20-16-10-5-11-17-20)30-23(29)24(25,26)27/h3-17H,1-2H3/p+1/b22-21+. The first-order chi connectivity index (χ1) is 15.2. The molecule has 3 nitrogen and oxygen atoms in total. The summed E-state index contributed by atoms with van der Waals surface area (Å²) in [6.07, 6.45) is -1.58. The molecule has 0 unspecified atom stereocenters. The molecule has 8 heteroatoms. The van der Waals surface area contributed by atoms with Crippen molar-refractivity contribution in [3.63, 3.8) is 0 Å². The van der Waals surface area contributed by atoms with Crippen LogP contribution in [0.5, 0.6) is 0 Å². The van der Waals surface area contributed by atoms with Gasteiger partial charge in [0.2, 0.25) is 0 Å². The number of aliphatic hydroxyl groups excluding tert-OH is 1. The maximum absolute atomic E-state index is 13.5. The Balaban J connectivity index is 2.45. The number of carbonyl (C=O) groups excluding carboxylic acids is 1. The molecule has 0 amide bonds. The second-order valence-electron chi connectivity index (χ2n) is 6.87. The van der Waals surface area contributed by atoms with Gasteiger partial charge in [-0.05, 0) is 0 Å². The Morgan fingerprint density at radius 1 is 0.812 bits per heavy atom. The Morgan fingerprint density at radius 2 is 1.22 bits per heavy atom. The van der Waals surface area contributed by atoms with E-state index in [4.69, 9.17) is 3.82 Å². The van der Waals surface area contributed by atoms with E-state index in [1.807, 2.05) is 0 Å². The molecule has 0 saturated carbocycles. The topological polar surface area (TPSA) is 46.5 Å². The van der Waals surface area contributed by atoms with Crippen molar-refractivity contribution in [2.45, 2.75) is 6.18 Å². The van der Waals surface area contributed by atoms with Crippen LogP contribution in [0.3, 0.4) is 0 Å². The second kappa shape index (κ2) is 9.86. The number of alkyl halides is 3. The minimum atomic E-state index is -5.18. The third kappa shape index (κ3) is 4.88. The van der Waals surface area contributed by atoms with E-state index in [0.29, 0.717) is 18.3 Å². The van der Waals surface area contributed by atoms with Crippen LogP contribution in [0.2, 0.25) is 0 Å². The fraction of sp³-hybridized carbons (Fsp3) is 0.125. The summed E-state index contributed by atoms with van der Waals surface area (Å²) in [7, 11) is -0.743. The zero-order valence-corrected chi connectivity index (χ0v) is 19.9. The summed E-state index contributed by atoms with van der Waals surface area (Å²) in [6.45, 7) is 0. The molecule has 0 radical (unpaired) electrons. The van der Waals surface area contributed by atoms with Crippen molar-refractivity contribution in [3.8, 4) is 0 Å². The number of carbonyl (C=O) groups is 1. The summed E-state index contributed by atoms with van der Waals surface area (Å²) >= 11 is -4.35. The number of benzene rings is 3. The van der Waals surface area contributed by atoms with Gasteiger partial charge in [-0.25, -0.2) is 0 Å². The molecule has 0 aromatic heterocycles. The third-order valence-electron chi connectivity index (χ3n) is 4.45. The van der Waals surface area contributed by atoms with Crippen LogP contribution in [0.15, 0.2) is 94.8 Å². The van der Waals surface area contributed by atoms with Gasteiger partial charge in [0.25, 0.3) is 0 Å². The average Bonchev–Trinajstić information content (AvgIpc) is 2.79. The average molecular weight is 526 g/mol. The van der Waals surface area contributed by atoms with E-state index in [0.717, 1.165) is 0 Å². The molecule has 0 saturated heterocycles. The number of halogens is 3. The monoisotopic (exact) mass is 527 g/mol. The van der Waals surface area contributed by atoms with E-state index >= 15 is 0 Å². The molecule has 0 bridgehead atoms. The predicted octanol–water partition coefficient (Wildman–Crippen LogP) is 4.20. The molecule has 3 aromatic rings. The van der Waals surface area contributed by atoms with Crippen LogP contribution >= 0.6 is 0 Å². The molecule has 3 rings (SSSR count). The van der Waals surface area contributed by atoms with Gasteiger partial charge in [0.15, 0.2) is 0 Å². The quantitative estimate of drug-likeness (QED) is 0.298. The van der Waals surface area contributed by atoms with Crippen LogP contribution in [0.1, 0.15) is 5.56 Å². The van der Waals surface area contributed by atoms with Gasteiger partial charge in [-0.2, -0.15) is 0 Å². The summed E-state index contributed by atoms with van der Waals surface area (Å²) in [5.74, 6) is -2.43. The number of aliphatic hydroxyl groups is 1. The summed E-state index contributed by atoms with van der Waals surface area (Å²) in [4.78, 5) is 12.3. The molecule has 168 valence electrons. The number of hydrogen-bond acceptors (Lipinski definition) is 3. The first kappa shape index (κ1) is 24.0. The van der Waals surface area contributed by atoms with E-state index in [2.05, 4.69) is 0 Å². The van der Waals surface area contributed by atoms with E-state index in [9.17, 15) is 23.1 Å². The molecule has 0 heterocycles. The minimum absolute atomic E-state index is 0.165. The third-order valence-corrected chi connectivity index (χ3v) is 15.0. The number of hydrogen-bond donors (Lipinski definition) is 1. The van der Waals surface area contributed by atoms with Gasteiger partial charge >= 0.3 is 191 Å². The van der Waals surface area contributed by atoms with Crippen molar-refractivity contribution >= 4 is 44.7 Å². The summed E-state index contributed by atoms with van der Waals surface area (Å²) in [6, 6.07) is 25.4. The maximum atomic E-state index is 13.5. The molecule has 0 atom stereocenters. The molecule has 0 aliphatic heterocycles. The molecule has 0 spiro atoms. The van der Waals surface area contributed by atoms with Crippen molar-refractivity contribution in [1.29, 1.82) is 0 Å². The van der Waals surface area contributed by atoms with Gasteiger partial charge in [0, 0.05) is 0 Å². The summed E-state index contributed by atoms with van der Waals surface area (Å²) < 4.78 is 47.2. The van der Waals surface area contributed by atoms with Gasteiger partial charge in [-0.15, -0.1) is 0 Å². The van der Waals surface area contributed by atoms with Gasteiger partial charge < -0.3 is 0 Å². The van der Waals surface area contributed by atoms with Crippen LogP contribution in [-0.2, 0) is 19.5 Å². The molecular weight excluding hydrogens is 504 g/mol. The molecule has 3 aromatic carbocycles. The molecule has 0 aliphatic rings. The SMILES string of the molecule is C[S+](C)/C(=C(\O)c1ccccc1)[Se](OC(=O)C(F)(F)F)(c1ccccc1)c1ccccc1. The Hall–Kier alpha value is -2.67. The Labute approximate surface area is 190 Å². The van der Waals surface area contributed by atoms with E-state index < -0.39 is 36.2 Å². The first-order valence-corrected chi connectivity index (χ1v) is 14.8. The molecule has 0 fully saturated rings. The predicted molar refractivity (Wildman–Crippen MR) is 125 cm³/mol. The second-order valence-corrected chi connectivity index (χ2v) is 15.0. The van der Waals surface area contributed by atoms with Crippen molar-refractivity contribution in [1.82, 2.24) is 0 Å². The van der Waals surface area contributed by atoms with Crippen LogP contribution in [-0.4, -0.2) is 42.9 Å². The fourth-order valence-corrected chi connectivity index (χ4v) is 14.0. The molecule has 0 aliphatic carbocycles. The van der Waals surface area contributed by atoms with Crippen molar-refractivity contribution < 1.29 is 26.9 Å². The van der Waals surface area contributed by atoms with Crippen LogP contribution in [0.4, 0.5) is 13.2 Å². The van der Waals surface area contributed by atoms with Gasteiger partial charge in [-0.3, -0.25) is 0 Å². The Bertz CT molecular complexity index is 1050. The van der Waals surface area contributed by atoms with E-state index in [1.54, 1.807) is 104 Å². The first-order valence-electron chi connectivity index (χ1n) is 9.48. The summed E-state index contributed by atoms with van der Waals surface area (Å²) in [5.41, 5.74) is 0.445. The Morgan fingerprint density at radius 3 is 1.59 bits per heavy atom.